The largest absolute Gasteiger partial charge is 0.508 e. The summed E-state index contributed by atoms with van der Waals surface area (Å²) < 4.78 is 64.1. The van der Waals surface area contributed by atoms with Gasteiger partial charge in [0.2, 0.25) is 19.9 Å². The summed E-state index contributed by atoms with van der Waals surface area (Å²) in [7, 11) is -8.20. The first-order valence-corrected chi connectivity index (χ1v) is 13.4. The molecule has 0 aromatic heterocycles. The van der Waals surface area contributed by atoms with Crippen molar-refractivity contribution < 1.29 is 31.1 Å². The lowest BCUT2D eigenvalue weighted by Gasteiger charge is -2.23. The Balaban J connectivity index is 2.49. The lowest BCUT2D eigenvalue weighted by molar-refractivity contribution is 0.0564. The number of nitrogens with two attached hydrogens (primary N) is 1. The van der Waals surface area contributed by atoms with E-state index < -0.39 is 26.0 Å². The maximum absolute atomic E-state index is 13.4. The molecule has 0 aliphatic heterocycles. The van der Waals surface area contributed by atoms with Crippen LogP contribution < -0.4 is 5.73 Å². The summed E-state index contributed by atoms with van der Waals surface area (Å²) in [6, 6.07) is 6.74. The monoisotopic (exact) mass is 518 g/mol. The molecule has 0 saturated heterocycles. The van der Waals surface area contributed by atoms with E-state index in [4.69, 9.17) is 22.1 Å². The van der Waals surface area contributed by atoms with Gasteiger partial charge in [-0.25, -0.2) is 21.6 Å². The van der Waals surface area contributed by atoms with E-state index in [1.54, 1.807) is 20.8 Å². The van der Waals surface area contributed by atoms with Crippen molar-refractivity contribution in [2.24, 2.45) is 0 Å². The third-order valence-electron chi connectivity index (χ3n) is 4.90. The molecule has 2 N–H and O–H groups in total. The number of carbonyl (C=O) groups is 1. The number of hydrogen-bond donors (Lipinski definition) is 1. The molecule has 0 heterocycles. The van der Waals surface area contributed by atoms with Gasteiger partial charge in [0.15, 0.2) is 0 Å². The second-order valence-electron chi connectivity index (χ2n) is 7.05. The van der Waals surface area contributed by atoms with Crippen LogP contribution in [0.5, 0.6) is 0 Å². The highest BCUT2D eigenvalue weighted by Crippen LogP contribution is 2.34. The molecule has 0 aliphatic carbocycles. The van der Waals surface area contributed by atoms with Crippen LogP contribution in [-0.4, -0.2) is 53.6 Å². The first-order chi connectivity index (χ1) is 15.4. The zero-order chi connectivity index (χ0) is 25.0. The van der Waals surface area contributed by atoms with Crippen LogP contribution in [-0.2, 0) is 29.3 Å². The van der Waals surface area contributed by atoms with Crippen LogP contribution in [0.1, 0.15) is 25.0 Å². The zero-order valence-corrected chi connectivity index (χ0v) is 21.2. The molecule has 0 fully saturated rings. The van der Waals surface area contributed by atoms with Crippen molar-refractivity contribution >= 4 is 43.3 Å². The average Bonchev–Trinajstić information content (AvgIpc) is 2.72. The Labute approximate surface area is 199 Å². The number of ether oxygens (including phenoxy) is 2. The van der Waals surface area contributed by atoms with Crippen LogP contribution in [0.25, 0.3) is 0 Å². The number of nitrogen functional groups attached to an aromatic ring is 1. The molecule has 0 spiro atoms. The Morgan fingerprint density at radius 3 is 2.30 bits per heavy atom. The summed E-state index contributed by atoms with van der Waals surface area (Å²) in [4.78, 5) is 11.0. The Morgan fingerprint density at radius 2 is 1.73 bits per heavy atom. The van der Waals surface area contributed by atoms with Crippen molar-refractivity contribution in [3.63, 3.8) is 0 Å². The zero-order valence-electron chi connectivity index (χ0n) is 18.8. The van der Waals surface area contributed by atoms with Gasteiger partial charge in [-0.3, -0.25) is 0 Å². The number of sulfonamides is 1. The number of anilines is 1. The Bertz CT molecular complexity index is 1250. The number of benzene rings is 2. The number of carbonyl (C=O) groups excluding carboxylic acids is 1. The maximum atomic E-state index is 13.4. The summed E-state index contributed by atoms with van der Waals surface area (Å²) >= 11 is 6.00. The number of rotatable bonds is 9. The summed E-state index contributed by atoms with van der Waals surface area (Å²) in [5.74, 6) is 0. The molecule has 9 nitrogen and oxygen atoms in total. The average molecular weight is 519 g/mol. The summed E-state index contributed by atoms with van der Waals surface area (Å²) in [5.41, 5.74) is 6.37. The highest BCUT2D eigenvalue weighted by atomic mass is 35.5. The summed E-state index contributed by atoms with van der Waals surface area (Å²) in [5, 5.41) is 0.0777. The molecule has 2 aromatic rings. The van der Waals surface area contributed by atoms with Gasteiger partial charge >= 0.3 is 6.16 Å². The molecule has 0 saturated carbocycles. The highest BCUT2D eigenvalue weighted by molar-refractivity contribution is 7.92. The number of sulfone groups is 1. The van der Waals surface area contributed by atoms with Crippen LogP contribution in [0.3, 0.4) is 0 Å². The SMILES string of the molecule is CCOC(=O)OCCN(CC)S(=O)(=O)c1ccc(C)c(S(=O)(=O)c2ccc(N)c(Cl)c2)c1C. The van der Waals surface area contributed by atoms with Crippen molar-refractivity contribution in [1.29, 1.82) is 0 Å². The van der Waals surface area contributed by atoms with Gasteiger partial charge in [-0.15, -0.1) is 0 Å². The van der Waals surface area contributed by atoms with Gasteiger partial charge in [-0.05, 0) is 56.2 Å². The molecule has 33 heavy (non-hydrogen) atoms. The van der Waals surface area contributed by atoms with Gasteiger partial charge in [0.1, 0.15) is 6.61 Å². The second kappa shape index (κ2) is 10.7. The fourth-order valence-electron chi connectivity index (χ4n) is 3.27. The van der Waals surface area contributed by atoms with Gasteiger partial charge in [-0.2, -0.15) is 4.31 Å². The molecular formula is C21H27ClN2O7S2. The minimum atomic E-state index is -4.10. The lowest BCUT2D eigenvalue weighted by atomic mass is 10.1. The molecule has 0 aliphatic rings. The standard InChI is InChI=1S/C21H27ClN2O7S2/c1-5-24(11-12-31-21(25)30-6-2)33(28,29)19-10-7-14(3)20(15(19)4)32(26,27)16-8-9-18(23)17(22)13-16/h7-10,13H,5-6,11-12,23H2,1-4H3. The van der Waals surface area contributed by atoms with Gasteiger partial charge in [0.05, 0.1) is 32.0 Å². The summed E-state index contributed by atoms with van der Waals surface area (Å²) in [6.45, 7) is 6.14. The van der Waals surface area contributed by atoms with E-state index in [9.17, 15) is 21.6 Å². The minimum Gasteiger partial charge on any atom is -0.435 e. The van der Waals surface area contributed by atoms with Crippen molar-refractivity contribution in [2.45, 2.75) is 42.4 Å². The van der Waals surface area contributed by atoms with Crippen molar-refractivity contribution in [3.8, 4) is 0 Å². The fraction of sp³-hybridized carbons (Fsp3) is 0.381. The number of nitrogens with zero attached hydrogens (tertiary/aromatic N) is 1. The fourth-order valence-corrected chi connectivity index (χ4v) is 7.01. The van der Waals surface area contributed by atoms with Crippen LogP contribution in [0, 0.1) is 13.8 Å². The third kappa shape index (κ3) is 5.78. The summed E-state index contributed by atoms with van der Waals surface area (Å²) in [6.07, 6.45) is -0.895. The molecule has 0 unspecified atom stereocenters. The van der Waals surface area contributed by atoms with Gasteiger partial charge < -0.3 is 15.2 Å². The Hall–Kier alpha value is -2.34. The number of hydrogen-bond acceptors (Lipinski definition) is 8. The molecule has 0 amide bonds. The first-order valence-electron chi connectivity index (χ1n) is 10.1. The second-order valence-corrected chi connectivity index (χ2v) is 11.2. The Kier molecular flexibility index (Phi) is 8.75. The van der Waals surface area contributed by atoms with Crippen molar-refractivity contribution in [2.75, 3.05) is 32.0 Å². The van der Waals surface area contributed by atoms with Crippen LogP contribution in [0.2, 0.25) is 5.02 Å². The Morgan fingerprint density at radius 1 is 1.06 bits per heavy atom. The van der Waals surface area contributed by atoms with E-state index >= 15 is 0 Å². The number of aryl methyl sites for hydroxylation is 1. The molecule has 0 radical (unpaired) electrons. The van der Waals surface area contributed by atoms with Gasteiger partial charge in [0.25, 0.3) is 0 Å². The van der Waals surface area contributed by atoms with Crippen molar-refractivity contribution in [3.05, 3.63) is 46.5 Å². The number of likely N-dealkylation sites (N-methyl/N-ethyl adjacent to an activating group) is 1. The third-order valence-corrected chi connectivity index (χ3v) is 9.38. The molecule has 12 heteroatoms. The van der Waals surface area contributed by atoms with Crippen LogP contribution in [0.15, 0.2) is 45.0 Å². The van der Waals surface area contributed by atoms with E-state index in [0.717, 1.165) is 4.31 Å². The lowest BCUT2D eigenvalue weighted by Crippen LogP contribution is -2.35. The minimum absolute atomic E-state index is 0.0766. The normalized spacial score (nSPS) is 12.1. The number of halogens is 1. The molecule has 182 valence electrons. The van der Waals surface area contributed by atoms with Gasteiger partial charge in [0, 0.05) is 13.1 Å². The van der Waals surface area contributed by atoms with Crippen LogP contribution >= 0.6 is 11.6 Å². The smallest absolute Gasteiger partial charge is 0.435 e. The van der Waals surface area contributed by atoms with Crippen LogP contribution in [0.4, 0.5) is 10.5 Å². The topological polar surface area (TPSA) is 133 Å². The molecule has 0 bridgehead atoms. The predicted molar refractivity (Wildman–Crippen MR) is 125 cm³/mol. The van der Waals surface area contributed by atoms with E-state index in [1.807, 2.05) is 0 Å². The quantitative estimate of drug-likeness (QED) is 0.393. The van der Waals surface area contributed by atoms with Crippen molar-refractivity contribution in [1.82, 2.24) is 4.31 Å². The maximum Gasteiger partial charge on any atom is 0.508 e. The molecule has 2 rings (SSSR count). The first kappa shape index (κ1) is 26.9. The van der Waals surface area contributed by atoms with E-state index in [0.29, 0.717) is 5.56 Å². The van der Waals surface area contributed by atoms with Gasteiger partial charge in [-0.1, -0.05) is 24.6 Å². The molecular weight excluding hydrogens is 492 g/mol. The van der Waals surface area contributed by atoms with E-state index in [2.05, 4.69) is 4.74 Å². The predicted octanol–water partition coefficient (Wildman–Crippen LogP) is 3.56. The highest BCUT2D eigenvalue weighted by Gasteiger charge is 2.31. The van der Waals surface area contributed by atoms with E-state index in [1.165, 1.54) is 37.3 Å². The van der Waals surface area contributed by atoms with E-state index in [-0.39, 0.29) is 57.3 Å². The molecule has 2 aromatic carbocycles. The molecule has 0 atom stereocenters.